The van der Waals surface area contributed by atoms with Gasteiger partial charge in [-0.25, -0.2) is 0 Å². The van der Waals surface area contributed by atoms with Crippen molar-refractivity contribution in [3.63, 3.8) is 0 Å². The molecule has 0 spiro atoms. The Morgan fingerprint density at radius 3 is 2.50 bits per heavy atom. The monoisotopic (exact) mass is 295 g/mol. The highest BCUT2D eigenvalue weighted by Gasteiger charge is 2.19. The molecule has 3 rings (SSSR count). The minimum atomic E-state index is 0.128. The van der Waals surface area contributed by atoms with Gasteiger partial charge in [-0.05, 0) is 49.6 Å². The first-order chi connectivity index (χ1) is 10.7. The van der Waals surface area contributed by atoms with Gasteiger partial charge in [0.2, 0.25) is 0 Å². The Bertz CT molecular complexity index is 643. The van der Waals surface area contributed by atoms with Crippen molar-refractivity contribution in [1.29, 1.82) is 0 Å². The summed E-state index contributed by atoms with van der Waals surface area (Å²) in [6.07, 6.45) is 2.23. The lowest BCUT2D eigenvalue weighted by atomic mass is 10.1. The second-order valence-electron chi connectivity index (χ2n) is 5.80. The lowest BCUT2D eigenvalue weighted by Gasteiger charge is -2.15. The summed E-state index contributed by atoms with van der Waals surface area (Å²) in [5.74, 6) is 0.919. The van der Waals surface area contributed by atoms with Crippen molar-refractivity contribution in [2.45, 2.75) is 26.4 Å². The largest absolute Gasteiger partial charge is 0.489 e. The van der Waals surface area contributed by atoms with Crippen LogP contribution in [0.15, 0.2) is 48.5 Å². The highest BCUT2D eigenvalue weighted by atomic mass is 16.5. The van der Waals surface area contributed by atoms with Crippen LogP contribution in [0, 0.1) is 6.92 Å². The molecule has 0 N–H and O–H groups in total. The van der Waals surface area contributed by atoms with E-state index in [1.54, 1.807) is 0 Å². The summed E-state index contributed by atoms with van der Waals surface area (Å²) < 4.78 is 5.78. The van der Waals surface area contributed by atoms with Crippen LogP contribution in [0.4, 0.5) is 0 Å². The lowest BCUT2D eigenvalue weighted by molar-refractivity contribution is 0.0793. The van der Waals surface area contributed by atoms with Gasteiger partial charge in [0.1, 0.15) is 12.4 Å². The van der Waals surface area contributed by atoms with E-state index in [0.717, 1.165) is 42.8 Å². The van der Waals surface area contributed by atoms with E-state index in [1.807, 2.05) is 35.2 Å². The molecule has 1 fully saturated rings. The Hall–Kier alpha value is -2.29. The van der Waals surface area contributed by atoms with E-state index < -0.39 is 0 Å². The summed E-state index contributed by atoms with van der Waals surface area (Å²) in [7, 11) is 0. The van der Waals surface area contributed by atoms with Crippen LogP contribution in [-0.2, 0) is 6.61 Å². The molecular weight excluding hydrogens is 274 g/mol. The molecule has 0 atom stereocenters. The molecule has 1 aliphatic rings. The van der Waals surface area contributed by atoms with Crippen molar-refractivity contribution in [3.8, 4) is 5.75 Å². The number of ether oxygens (including phenoxy) is 1. The van der Waals surface area contributed by atoms with Gasteiger partial charge in [0.25, 0.3) is 5.91 Å². The molecule has 0 aromatic heterocycles. The van der Waals surface area contributed by atoms with Gasteiger partial charge in [-0.15, -0.1) is 0 Å². The van der Waals surface area contributed by atoms with Gasteiger partial charge < -0.3 is 9.64 Å². The summed E-state index contributed by atoms with van der Waals surface area (Å²) >= 11 is 0. The van der Waals surface area contributed by atoms with Crippen molar-refractivity contribution in [3.05, 3.63) is 65.2 Å². The number of rotatable bonds is 4. The van der Waals surface area contributed by atoms with Gasteiger partial charge in [0, 0.05) is 18.7 Å². The van der Waals surface area contributed by atoms with Crippen molar-refractivity contribution in [2.24, 2.45) is 0 Å². The first-order valence-electron chi connectivity index (χ1n) is 7.80. The molecule has 0 radical (unpaired) electrons. The van der Waals surface area contributed by atoms with Crippen LogP contribution >= 0.6 is 0 Å². The average Bonchev–Trinajstić information content (AvgIpc) is 3.07. The number of hydrogen-bond acceptors (Lipinski definition) is 2. The maximum Gasteiger partial charge on any atom is 0.253 e. The fourth-order valence-electron chi connectivity index (χ4n) is 2.77. The van der Waals surface area contributed by atoms with Crippen LogP contribution < -0.4 is 4.74 Å². The number of likely N-dealkylation sites (tertiary alicyclic amines) is 1. The fraction of sp³-hybridized carbons (Fsp3) is 0.316. The summed E-state index contributed by atoms with van der Waals surface area (Å²) in [6, 6.07) is 15.7. The number of carbonyl (C=O) groups is 1. The van der Waals surface area contributed by atoms with Crippen LogP contribution in [0.1, 0.15) is 34.3 Å². The predicted octanol–water partition coefficient (Wildman–Crippen LogP) is 3.81. The van der Waals surface area contributed by atoms with E-state index in [-0.39, 0.29) is 5.91 Å². The van der Waals surface area contributed by atoms with E-state index >= 15 is 0 Å². The van der Waals surface area contributed by atoms with E-state index in [9.17, 15) is 4.79 Å². The molecule has 0 saturated carbocycles. The van der Waals surface area contributed by atoms with Gasteiger partial charge in [-0.2, -0.15) is 0 Å². The molecule has 1 aliphatic heterocycles. The molecule has 0 unspecified atom stereocenters. The number of amides is 1. The van der Waals surface area contributed by atoms with Crippen LogP contribution in [-0.4, -0.2) is 23.9 Å². The summed E-state index contributed by atoms with van der Waals surface area (Å²) in [4.78, 5) is 14.2. The third-order valence-electron chi connectivity index (χ3n) is 3.98. The molecule has 2 aromatic rings. The van der Waals surface area contributed by atoms with Crippen molar-refractivity contribution in [1.82, 2.24) is 4.90 Å². The maximum atomic E-state index is 12.3. The minimum absolute atomic E-state index is 0.128. The van der Waals surface area contributed by atoms with Gasteiger partial charge in [0.15, 0.2) is 0 Å². The fourth-order valence-corrected chi connectivity index (χ4v) is 2.77. The molecule has 2 aromatic carbocycles. The molecule has 1 saturated heterocycles. The highest BCUT2D eigenvalue weighted by Crippen LogP contribution is 2.18. The highest BCUT2D eigenvalue weighted by molar-refractivity contribution is 5.94. The second-order valence-corrected chi connectivity index (χ2v) is 5.80. The standard InChI is InChI=1S/C19H21NO2/c1-15-5-4-6-16(13-15)14-22-18-9-7-17(8-10-18)19(21)20-11-2-3-12-20/h4-10,13H,2-3,11-12,14H2,1H3. The van der Waals surface area contributed by atoms with Crippen molar-refractivity contribution >= 4 is 5.91 Å². The molecule has 1 heterocycles. The molecule has 1 amide bonds. The van der Waals surface area contributed by atoms with E-state index in [2.05, 4.69) is 25.1 Å². The topological polar surface area (TPSA) is 29.5 Å². The number of hydrogen-bond donors (Lipinski definition) is 0. The normalized spacial score (nSPS) is 14.1. The molecule has 114 valence electrons. The summed E-state index contributed by atoms with van der Waals surface area (Å²) in [6.45, 7) is 4.37. The van der Waals surface area contributed by atoms with Crippen LogP contribution in [0.2, 0.25) is 0 Å². The Morgan fingerprint density at radius 1 is 1.09 bits per heavy atom. The minimum Gasteiger partial charge on any atom is -0.489 e. The zero-order valence-electron chi connectivity index (χ0n) is 12.9. The first-order valence-corrected chi connectivity index (χ1v) is 7.80. The molecule has 3 nitrogen and oxygen atoms in total. The van der Waals surface area contributed by atoms with E-state index in [4.69, 9.17) is 4.74 Å². The quantitative estimate of drug-likeness (QED) is 0.858. The number of nitrogens with zero attached hydrogens (tertiary/aromatic N) is 1. The SMILES string of the molecule is Cc1cccc(COc2ccc(C(=O)N3CCCC3)cc2)c1. The third kappa shape index (κ3) is 3.48. The Labute approximate surface area is 131 Å². The zero-order valence-corrected chi connectivity index (χ0v) is 12.9. The van der Waals surface area contributed by atoms with Gasteiger partial charge in [-0.3, -0.25) is 4.79 Å². The summed E-state index contributed by atoms with van der Waals surface area (Å²) in [5, 5.41) is 0. The number of carbonyl (C=O) groups excluding carboxylic acids is 1. The van der Waals surface area contributed by atoms with Crippen molar-refractivity contribution < 1.29 is 9.53 Å². The lowest BCUT2D eigenvalue weighted by Crippen LogP contribution is -2.27. The van der Waals surface area contributed by atoms with Gasteiger partial charge >= 0.3 is 0 Å². The Kier molecular flexibility index (Phi) is 4.42. The third-order valence-corrected chi connectivity index (χ3v) is 3.98. The smallest absolute Gasteiger partial charge is 0.253 e. The summed E-state index contributed by atoms with van der Waals surface area (Å²) in [5.41, 5.74) is 3.12. The Balaban J connectivity index is 1.60. The maximum absolute atomic E-state index is 12.3. The molecule has 0 aliphatic carbocycles. The van der Waals surface area contributed by atoms with Crippen LogP contribution in [0.5, 0.6) is 5.75 Å². The number of aryl methyl sites for hydroxylation is 1. The van der Waals surface area contributed by atoms with Gasteiger partial charge in [-0.1, -0.05) is 29.8 Å². The second kappa shape index (κ2) is 6.65. The first kappa shape index (κ1) is 14.6. The average molecular weight is 295 g/mol. The number of benzene rings is 2. The molecule has 3 heteroatoms. The van der Waals surface area contributed by atoms with Crippen LogP contribution in [0.3, 0.4) is 0 Å². The molecular formula is C19H21NO2. The zero-order chi connectivity index (χ0) is 15.4. The van der Waals surface area contributed by atoms with Crippen LogP contribution in [0.25, 0.3) is 0 Å². The van der Waals surface area contributed by atoms with E-state index in [0.29, 0.717) is 6.61 Å². The van der Waals surface area contributed by atoms with Crippen molar-refractivity contribution in [2.75, 3.05) is 13.1 Å². The molecule has 0 bridgehead atoms. The predicted molar refractivity (Wildman–Crippen MR) is 87.1 cm³/mol. The molecule has 22 heavy (non-hydrogen) atoms. The Morgan fingerprint density at radius 2 is 1.82 bits per heavy atom. The van der Waals surface area contributed by atoms with Gasteiger partial charge in [0.05, 0.1) is 0 Å². The van der Waals surface area contributed by atoms with E-state index in [1.165, 1.54) is 5.56 Å².